The van der Waals surface area contributed by atoms with Crippen LogP contribution in [0.5, 0.6) is 11.5 Å². The SMILES string of the molecule is C=CCOc1ccc2c(c1)[C@H]1[C@H](CCCCO)[C@@H](CCCCO)C=C3C(=NOC4CCCCO4)C[C@H](N(Cc4cccc5ccccc45)C(=O)OC)[C@@](OCC=C)(O2)[C@H]31. The molecule has 2 aliphatic heterocycles. The summed E-state index contributed by atoms with van der Waals surface area (Å²) in [4.78, 5) is 22.4. The van der Waals surface area contributed by atoms with E-state index in [0.29, 0.717) is 43.3 Å². The number of allylic oxidation sites excluding steroid dienone is 1. The zero-order valence-corrected chi connectivity index (χ0v) is 34.3. The second-order valence-electron chi connectivity index (χ2n) is 16.0. The van der Waals surface area contributed by atoms with Gasteiger partial charge in [0.2, 0.25) is 12.1 Å². The average molecular weight is 809 g/mol. The highest BCUT2D eigenvalue weighted by atomic mass is 16.8. The number of nitrogens with zero attached hydrogens (tertiary/aromatic N) is 2. The molecule has 0 spiro atoms. The predicted octanol–water partition coefficient (Wildman–Crippen LogP) is 8.83. The normalized spacial score (nSPS) is 26.5. The molecule has 0 aromatic heterocycles. The Labute approximate surface area is 348 Å². The number of aliphatic hydroxyl groups excluding tert-OH is 2. The maximum Gasteiger partial charge on any atom is 0.410 e. The Morgan fingerprint density at radius 1 is 0.983 bits per heavy atom. The first-order valence-electron chi connectivity index (χ1n) is 21.4. The summed E-state index contributed by atoms with van der Waals surface area (Å²) in [5.74, 6) is -0.569. The number of aliphatic hydroxyl groups is 2. The summed E-state index contributed by atoms with van der Waals surface area (Å²) in [6.45, 7) is 9.44. The van der Waals surface area contributed by atoms with Crippen LogP contribution >= 0.6 is 0 Å². The third-order valence-electron chi connectivity index (χ3n) is 12.4. The van der Waals surface area contributed by atoms with Crippen molar-refractivity contribution in [2.24, 2.45) is 22.9 Å². The van der Waals surface area contributed by atoms with Crippen molar-refractivity contribution in [3.8, 4) is 11.5 Å². The monoisotopic (exact) mass is 808 g/mol. The molecule has 59 heavy (non-hydrogen) atoms. The number of carbonyl (C=O) groups is 1. The van der Waals surface area contributed by atoms with Crippen LogP contribution in [0.2, 0.25) is 0 Å². The zero-order chi connectivity index (χ0) is 41.2. The van der Waals surface area contributed by atoms with Crippen molar-refractivity contribution < 1.29 is 43.5 Å². The number of carbonyl (C=O) groups excluding carboxylic acids is 1. The van der Waals surface area contributed by atoms with Crippen LogP contribution in [0, 0.1) is 17.8 Å². The van der Waals surface area contributed by atoms with Crippen molar-refractivity contribution in [1.29, 1.82) is 0 Å². The number of benzene rings is 3. The van der Waals surface area contributed by atoms with E-state index in [9.17, 15) is 15.0 Å². The quantitative estimate of drug-likeness (QED) is 0.0694. The molecule has 7 atom stereocenters. The molecule has 1 unspecified atom stereocenters. The fourth-order valence-corrected chi connectivity index (χ4v) is 9.84. The molecular formula is C48H60N2O9. The first kappa shape index (κ1) is 42.4. The van der Waals surface area contributed by atoms with Crippen LogP contribution in [0.25, 0.3) is 10.8 Å². The molecule has 3 aromatic rings. The average Bonchev–Trinajstić information content (AvgIpc) is 3.27. The molecule has 11 nitrogen and oxygen atoms in total. The third-order valence-corrected chi connectivity index (χ3v) is 12.4. The van der Waals surface area contributed by atoms with Crippen molar-refractivity contribution in [2.45, 2.75) is 94.8 Å². The molecule has 2 heterocycles. The standard InChI is InChI=1S/C48H60N2O9/c1-4-26-55-36-22-23-42-40(30-36)45-38(20-9-12-25-52)34(16-8-11-24-51)29-39-41(49-59-44-21-10-13-28-56-44)31-43(48(58-42,46(39)45)57-27-5-2)50(47(53)54-3)32-35-18-14-17-33-15-6-7-19-37(33)35/h4-7,14-15,17-19,22-23,29-30,34,38,43-46,51-52H,1-2,8-13,16,20-21,24-28,31-32H2,3H3/t34-,38+,43-,44?,45+,46+,48+/m0/s1. The molecule has 7 rings (SSSR count). The van der Waals surface area contributed by atoms with Crippen LogP contribution in [-0.2, 0) is 25.6 Å². The fourth-order valence-electron chi connectivity index (χ4n) is 9.84. The number of rotatable bonds is 19. The van der Waals surface area contributed by atoms with Gasteiger partial charge < -0.3 is 38.7 Å². The van der Waals surface area contributed by atoms with Crippen molar-refractivity contribution >= 4 is 22.6 Å². The van der Waals surface area contributed by atoms with Crippen LogP contribution in [-0.4, -0.2) is 85.2 Å². The summed E-state index contributed by atoms with van der Waals surface area (Å²) < 4.78 is 32.2. The van der Waals surface area contributed by atoms with Crippen LogP contribution in [0.4, 0.5) is 4.79 Å². The van der Waals surface area contributed by atoms with Crippen LogP contribution in [0.1, 0.15) is 81.3 Å². The van der Waals surface area contributed by atoms with Crippen molar-refractivity contribution in [3.05, 3.63) is 109 Å². The molecule has 2 fully saturated rings. The third kappa shape index (κ3) is 9.09. The molecule has 2 aliphatic carbocycles. The van der Waals surface area contributed by atoms with Gasteiger partial charge in [0.25, 0.3) is 0 Å². The van der Waals surface area contributed by atoms with Gasteiger partial charge in [-0.2, -0.15) is 0 Å². The maximum atomic E-state index is 14.4. The van der Waals surface area contributed by atoms with E-state index in [1.807, 2.05) is 36.4 Å². The van der Waals surface area contributed by atoms with Crippen LogP contribution in [0.15, 0.2) is 103 Å². The number of fused-ring (bicyclic) bond motifs is 3. The number of hydrogen-bond donors (Lipinski definition) is 2. The Bertz CT molecular complexity index is 1970. The molecule has 11 heteroatoms. The van der Waals surface area contributed by atoms with E-state index in [-0.39, 0.29) is 50.5 Å². The summed E-state index contributed by atoms with van der Waals surface area (Å²) in [5, 5.41) is 26.9. The lowest BCUT2D eigenvalue weighted by molar-refractivity contribution is -0.256. The van der Waals surface area contributed by atoms with E-state index in [2.05, 4.69) is 43.5 Å². The van der Waals surface area contributed by atoms with Gasteiger partial charge in [0.15, 0.2) is 0 Å². The van der Waals surface area contributed by atoms with Crippen molar-refractivity contribution in [2.75, 3.05) is 40.1 Å². The minimum Gasteiger partial charge on any atom is -0.490 e. The van der Waals surface area contributed by atoms with E-state index < -0.39 is 30.1 Å². The molecule has 3 aromatic carbocycles. The van der Waals surface area contributed by atoms with Crippen molar-refractivity contribution in [1.82, 2.24) is 4.90 Å². The van der Waals surface area contributed by atoms with Gasteiger partial charge in [-0.1, -0.05) is 85.3 Å². The van der Waals surface area contributed by atoms with Crippen LogP contribution < -0.4 is 9.47 Å². The fraction of sp³-hybridized carbons (Fsp3) is 0.500. The smallest absolute Gasteiger partial charge is 0.410 e. The van der Waals surface area contributed by atoms with E-state index in [1.54, 1.807) is 17.1 Å². The Morgan fingerprint density at radius 3 is 2.54 bits per heavy atom. The number of methoxy groups -OCH3 is 1. The lowest BCUT2D eigenvalue weighted by Gasteiger charge is -2.59. The number of oxime groups is 1. The van der Waals surface area contributed by atoms with E-state index in [4.69, 9.17) is 33.7 Å². The summed E-state index contributed by atoms with van der Waals surface area (Å²) in [7, 11) is 1.40. The highest BCUT2D eigenvalue weighted by Gasteiger charge is 2.65. The first-order chi connectivity index (χ1) is 29.0. The van der Waals surface area contributed by atoms with E-state index in [1.165, 1.54) is 7.11 Å². The number of amides is 1. The topological polar surface area (TPSA) is 129 Å². The Hall–Kier alpha value is -4.68. The molecule has 4 aliphatic rings. The maximum absolute atomic E-state index is 14.4. The molecule has 1 amide bonds. The van der Waals surface area contributed by atoms with Gasteiger partial charge in [-0.15, -0.1) is 6.58 Å². The van der Waals surface area contributed by atoms with Gasteiger partial charge in [-0.05, 0) is 90.5 Å². The van der Waals surface area contributed by atoms with Gasteiger partial charge in [-0.25, -0.2) is 4.79 Å². The minimum atomic E-state index is -1.42. The molecule has 316 valence electrons. The highest BCUT2D eigenvalue weighted by Crippen LogP contribution is 2.62. The summed E-state index contributed by atoms with van der Waals surface area (Å²) in [5.41, 5.74) is 3.59. The van der Waals surface area contributed by atoms with E-state index >= 15 is 0 Å². The summed E-state index contributed by atoms with van der Waals surface area (Å²) in [6, 6.07) is 19.5. The minimum absolute atomic E-state index is 0.0743. The predicted molar refractivity (Wildman–Crippen MR) is 227 cm³/mol. The molecule has 2 N–H and O–H groups in total. The number of unbranched alkanes of at least 4 members (excludes halogenated alkanes) is 2. The second-order valence-corrected chi connectivity index (χ2v) is 16.0. The molecule has 1 saturated carbocycles. The van der Waals surface area contributed by atoms with E-state index in [0.717, 1.165) is 72.4 Å². The Balaban J connectivity index is 1.46. The molecule has 1 saturated heterocycles. The largest absolute Gasteiger partial charge is 0.490 e. The Morgan fingerprint density at radius 2 is 1.78 bits per heavy atom. The van der Waals surface area contributed by atoms with Gasteiger partial charge in [0.1, 0.15) is 24.1 Å². The second kappa shape index (κ2) is 20.1. The first-order valence-corrected chi connectivity index (χ1v) is 21.4. The van der Waals surface area contributed by atoms with Gasteiger partial charge in [-0.3, -0.25) is 4.90 Å². The van der Waals surface area contributed by atoms with Crippen molar-refractivity contribution in [3.63, 3.8) is 0 Å². The molecule has 0 radical (unpaired) electrons. The number of hydrogen-bond acceptors (Lipinski definition) is 10. The summed E-state index contributed by atoms with van der Waals surface area (Å²) in [6.07, 6.45) is 12.4. The lowest BCUT2D eigenvalue weighted by Crippen LogP contribution is -2.70. The van der Waals surface area contributed by atoms with Gasteiger partial charge in [0.05, 0.1) is 38.5 Å². The van der Waals surface area contributed by atoms with Crippen LogP contribution in [0.3, 0.4) is 0 Å². The summed E-state index contributed by atoms with van der Waals surface area (Å²) >= 11 is 0. The highest BCUT2D eigenvalue weighted by molar-refractivity contribution is 6.03. The number of ether oxygens (including phenoxy) is 5. The van der Waals surface area contributed by atoms with Gasteiger partial charge in [0, 0.05) is 37.5 Å². The zero-order valence-electron chi connectivity index (χ0n) is 34.3. The molecular weight excluding hydrogens is 749 g/mol. The molecule has 0 bridgehead atoms. The lowest BCUT2D eigenvalue weighted by atomic mass is 9.55. The van der Waals surface area contributed by atoms with Gasteiger partial charge >= 0.3 is 6.09 Å². The Kier molecular flexibility index (Phi) is 14.4.